The Balaban J connectivity index is 1.46. The summed E-state index contributed by atoms with van der Waals surface area (Å²) in [6.45, 7) is 8.17. The van der Waals surface area contributed by atoms with Crippen LogP contribution >= 0.6 is 0 Å². The fourth-order valence-electron chi connectivity index (χ4n) is 6.03. The van der Waals surface area contributed by atoms with E-state index in [2.05, 4.69) is 47.9 Å². The van der Waals surface area contributed by atoms with Crippen molar-refractivity contribution in [2.24, 2.45) is 11.8 Å². The number of aliphatic hydroxyl groups is 1. The van der Waals surface area contributed by atoms with Crippen LogP contribution in [0.3, 0.4) is 0 Å². The van der Waals surface area contributed by atoms with Crippen molar-refractivity contribution in [3.63, 3.8) is 0 Å². The van der Waals surface area contributed by atoms with E-state index in [4.69, 9.17) is 0 Å². The molecule has 1 aromatic rings. The second-order valence-electron chi connectivity index (χ2n) is 9.93. The molecule has 0 radical (unpaired) electrons. The summed E-state index contributed by atoms with van der Waals surface area (Å²) in [6, 6.07) is 11.1. The molecule has 0 unspecified atom stereocenters. The lowest BCUT2D eigenvalue weighted by molar-refractivity contribution is -0.134. The first kappa shape index (κ1) is 21.6. The topological polar surface area (TPSA) is 47.0 Å². The Kier molecular flexibility index (Phi) is 6.69. The lowest BCUT2D eigenvalue weighted by Crippen LogP contribution is -2.58. The summed E-state index contributed by atoms with van der Waals surface area (Å²) in [6.07, 6.45) is 7.79. The molecule has 2 heterocycles. The van der Waals surface area contributed by atoms with Gasteiger partial charge < -0.3 is 19.8 Å². The molecule has 1 spiro atoms. The fraction of sp³-hybridized carbons (Fsp3) is 0.720. The third-order valence-corrected chi connectivity index (χ3v) is 7.99. The maximum atomic E-state index is 13.6. The highest BCUT2D eigenvalue weighted by molar-refractivity contribution is 5.93. The molecule has 1 saturated carbocycles. The number of aliphatic hydroxyl groups excluding tert-OH is 1. The van der Waals surface area contributed by atoms with Gasteiger partial charge in [0.05, 0.1) is 6.67 Å². The molecule has 1 amide bonds. The quantitative estimate of drug-likeness (QED) is 0.772. The number of para-hydroxylation sites is 1. The third kappa shape index (κ3) is 4.11. The average molecular weight is 414 g/mol. The molecule has 1 aromatic carbocycles. The SMILES string of the molecule is CC(C)C1CCC(N2CCC3(CC2)C(=O)N(CCCO)CN3c2ccccc2)CC1. The fourth-order valence-corrected chi connectivity index (χ4v) is 6.03. The zero-order valence-electron chi connectivity index (χ0n) is 18.8. The number of hydrogen-bond acceptors (Lipinski definition) is 4. The van der Waals surface area contributed by atoms with Crippen LogP contribution in [0.4, 0.5) is 5.69 Å². The Morgan fingerprint density at radius 1 is 1.07 bits per heavy atom. The minimum atomic E-state index is -0.414. The molecule has 5 heteroatoms. The van der Waals surface area contributed by atoms with Crippen molar-refractivity contribution in [2.45, 2.75) is 70.4 Å². The number of amides is 1. The van der Waals surface area contributed by atoms with Crippen LogP contribution in [-0.4, -0.2) is 65.3 Å². The van der Waals surface area contributed by atoms with Crippen molar-refractivity contribution < 1.29 is 9.90 Å². The van der Waals surface area contributed by atoms with Crippen molar-refractivity contribution in [3.05, 3.63) is 30.3 Å². The molecule has 1 aliphatic carbocycles. The number of hydrogen-bond donors (Lipinski definition) is 1. The van der Waals surface area contributed by atoms with Crippen LogP contribution < -0.4 is 4.90 Å². The lowest BCUT2D eigenvalue weighted by atomic mass is 9.78. The van der Waals surface area contributed by atoms with E-state index in [1.54, 1.807) is 0 Å². The van der Waals surface area contributed by atoms with Crippen LogP contribution in [0.1, 0.15) is 58.8 Å². The van der Waals surface area contributed by atoms with Crippen molar-refractivity contribution >= 4 is 11.6 Å². The van der Waals surface area contributed by atoms with Gasteiger partial charge in [-0.2, -0.15) is 0 Å². The Morgan fingerprint density at radius 2 is 1.73 bits per heavy atom. The summed E-state index contributed by atoms with van der Waals surface area (Å²) >= 11 is 0. The molecule has 30 heavy (non-hydrogen) atoms. The zero-order valence-corrected chi connectivity index (χ0v) is 18.8. The highest BCUT2D eigenvalue weighted by atomic mass is 16.3. The monoisotopic (exact) mass is 413 g/mol. The predicted molar refractivity (Wildman–Crippen MR) is 121 cm³/mol. The molecule has 0 bridgehead atoms. The maximum absolute atomic E-state index is 13.6. The van der Waals surface area contributed by atoms with Gasteiger partial charge >= 0.3 is 0 Å². The molecule has 2 saturated heterocycles. The van der Waals surface area contributed by atoms with Gasteiger partial charge in [-0.05, 0) is 68.9 Å². The van der Waals surface area contributed by atoms with E-state index < -0.39 is 5.54 Å². The van der Waals surface area contributed by atoms with Crippen LogP contribution in [-0.2, 0) is 4.79 Å². The number of piperidine rings is 1. The Morgan fingerprint density at radius 3 is 2.33 bits per heavy atom. The zero-order chi connectivity index (χ0) is 21.1. The summed E-state index contributed by atoms with van der Waals surface area (Å²) in [4.78, 5) is 20.5. The lowest BCUT2D eigenvalue weighted by Gasteiger charge is -2.47. The van der Waals surface area contributed by atoms with Crippen molar-refractivity contribution in [3.8, 4) is 0 Å². The summed E-state index contributed by atoms with van der Waals surface area (Å²) in [5.74, 6) is 1.96. The number of rotatable bonds is 6. The van der Waals surface area contributed by atoms with E-state index in [9.17, 15) is 9.90 Å². The number of carbonyl (C=O) groups excluding carboxylic acids is 1. The maximum Gasteiger partial charge on any atom is 0.250 e. The molecule has 1 N–H and O–H groups in total. The van der Waals surface area contributed by atoms with Gasteiger partial charge in [0.2, 0.25) is 5.91 Å². The molecule has 3 fully saturated rings. The minimum Gasteiger partial charge on any atom is -0.396 e. The molecule has 0 atom stereocenters. The number of likely N-dealkylation sites (tertiary alicyclic amines) is 1. The van der Waals surface area contributed by atoms with Crippen LogP contribution in [0.2, 0.25) is 0 Å². The minimum absolute atomic E-state index is 0.134. The van der Waals surface area contributed by atoms with E-state index in [1.807, 2.05) is 11.0 Å². The Labute approximate surface area is 182 Å². The molecular weight excluding hydrogens is 374 g/mol. The Bertz CT molecular complexity index is 692. The molecule has 5 nitrogen and oxygen atoms in total. The van der Waals surface area contributed by atoms with Gasteiger partial charge in [-0.25, -0.2) is 0 Å². The summed E-state index contributed by atoms with van der Waals surface area (Å²) in [5, 5.41) is 9.27. The molecule has 3 aliphatic rings. The van der Waals surface area contributed by atoms with Crippen LogP contribution in [0.15, 0.2) is 30.3 Å². The molecule has 0 aromatic heterocycles. The van der Waals surface area contributed by atoms with Gasteiger partial charge in [-0.3, -0.25) is 4.79 Å². The van der Waals surface area contributed by atoms with Gasteiger partial charge in [-0.15, -0.1) is 0 Å². The first-order valence-electron chi connectivity index (χ1n) is 12.0. The molecule has 166 valence electrons. The number of nitrogens with zero attached hydrogens (tertiary/aromatic N) is 3. The van der Waals surface area contributed by atoms with E-state index >= 15 is 0 Å². The van der Waals surface area contributed by atoms with Crippen molar-refractivity contribution in [1.82, 2.24) is 9.80 Å². The number of carbonyl (C=O) groups is 1. The average Bonchev–Trinajstić information content (AvgIpc) is 3.05. The van der Waals surface area contributed by atoms with Crippen molar-refractivity contribution in [1.29, 1.82) is 0 Å². The second kappa shape index (κ2) is 9.27. The summed E-state index contributed by atoms with van der Waals surface area (Å²) in [5.41, 5.74) is 0.728. The van der Waals surface area contributed by atoms with Crippen molar-refractivity contribution in [2.75, 3.05) is 37.8 Å². The predicted octanol–water partition coefficient (Wildman–Crippen LogP) is 3.72. The summed E-state index contributed by atoms with van der Waals surface area (Å²) in [7, 11) is 0. The largest absolute Gasteiger partial charge is 0.396 e. The Hall–Kier alpha value is -1.59. The van der Waals surface area contributed by atoms with Gasteiger partial charge in [0.1, 0.15) is 5.54 Å². The standard InChI is InChI=1S/C25H39N3O2/c1-20(2)21-9-11-22(12-10-21)26-16-13-25(14-17-26)24(30)27(15-6-18-29)19-28(25)23-7-4-3-5-8-23/h3-5,7-8,20-22,29H,6,9-19H2,1-2H3. The van der Waals surface area contributed by atoms with E-state index in [0.29, 0.717) is 25.7 Å². The molecular formula is C25H39N3O2. The highest BCUT2D eigenvalue weighted by Crippen LogP contribution is 2.41. The number of benzene rings is 1. The van der Waals surface area contributed by atoms with E-state index in [0.717, 1.165) is 43.5 Å². The van der Waals surface area contributed by atoms with Crippen LogP contribution in [0, 0.1) is 11.8 Å². The van der Waals surface area contributed by atoms with Crippen LogP contribution in [0.25, 0.3) is 0 Å². The first-order chi connectivity index (χ1) is 14.5. The smallest absolute Gasteiger partial charge is 0.250 e. The van der Waals surface area contributed by atoms with E-state index in [-0.39, 0.29) is 12.5 Å². The highest BCUT2D eigenvalue weighted by Gasteiger charge is 2.53. The third-order valence-electron chi connectivity index (χ3n) is 7.99. The molecule has 4 rings (SSSR count). The second-order valence-corrected chi connectivity index (χ2v) is 9.93. The normalized spacial score (nSPS) is 27.4. The molecule has 2 aliphatic heterocycles. The van der Waals surface area contributed by atoms with Crippen LogP contribution in [0.5, 0.6) is 0 Å². The first-order valence-corrected chi connectivity index (χ1v) is 12.0. The van der Waals surface area contributed by atoms with Gasteiger partial charge in [-0.1, -0.05) is 32.0 Å². The van der Waals surface area contributed by atoms with E-state index in [1.165, 1.54) is 25.7 Å². The van der Waals surface area contributed by atoms with Gasteiger partial charge in [0.15, 0.2) is 0 Å². The summed E-state index contributed by atoms with van der Waals surface area (Å²) < 4.78 is 0. The van der Waals surface area contributed by atoms with Gasteiger partial charge in [0.25, 0.3) is 0 Å². The van der Waals surface area contributed by atoms with Gasteiger partial charge in [0, 0.05) is 38.0 Å². The number of anilines is 1.